The molecule has 2 amide bonds. The van der Waals surface area contributed by atoms with Gasteiger partial charge in [0, 0.05) is 19.5 Å². The molecule has 0 unspecified atom stereocenters. The second-order valence-corrected chi connectivity index (χ2v) is 6.20. The Morgan fingerprint density at radius 1 is 1.04 bits per heavy atom. The zero-order valence-electron chi connectivity index (χ0n) is 15.2. The van der Waals surface area contributed by atoms with Crippen LogP contribution in [0.2, 0.25) is 0 Å². The van der Waals surface area contributed by atoms with Crippen LogP contribution >= 0.6 is 0 Å². The average Bonchev–Trinajstić information content (AvgIpc) is 2.69. The molecule has 0 heterocycles. The summed E-state index contributed by atoms with van der Waals surface area (Å²) in [4.78, 5) is 26.9. The Balaban J connectivity index is 2.09. The Kier molecular flexibility index (Phi) is 7.62. The highest BCUT2D eigenvalue weighted by Gasteiger charge is 2.25. The fourth-order valence-corrected chi connectivity index (χ4v) is 2.72. The van der Waals surface area contributed by atoms with E-state index >= 15 is 0 Å². The SMILES string of the molecule is C=CCNC(=O)[C@H](C)N(Cc1ccccc1)C(=O)CCc1ccccc1. The van der Waals surface area contributed by atoms with Crippen LogP contribution in [0.3, 0.4) is 0 Å². The van der Waals surface area contributed by atoms with Crippen LogP contribution in [-0.4, -0.2) is 29.3 Å². The summed E-state index contributed by atoms with van der Waals surface area (Å²) in [6.45, 7) is 6.18. The number of hydrogen-bond donors (Lipinski definition) is 1. The number of carbonyl (C=O) groups excluding carboxylic acids is 2. The maximum atomic E-state index is 12.9. The first-order valence-corrected chi connectivity index (χ1v) is 8.87. The fraction of sp³-hybridized carbons (Fsp3) is 0.273. The van der Waals surface area contributed by atoms with E-state index in [4.69, 9.17) is 0 Å². The smallest absolute Gasteiger partial charge is 0.242 e. The van der Waals surface area contributed by atoms with E-state index in [-0.39, 0.29) is 11.8 Å². The van der Waals surface area contributed by atoms with E-state index in [9.17, 15) is 9.59 Å². The van der Waals surface area contributed by atoms with Crippen LogP contribution in [0.25, 0.3) is 0 Å². The Labute approximate surface area is 155 Å². The lowest BCUT2D eigenvalue weighted by Crippen LogP contribution is -2.47. The van der Waals surface area contributed by atoms with Crippen molar-refractivity contribution >= 4 is 11.8 Å². The molecule has 0 aliphatic carbocycles. The zero-order valence-corrected chi connectivity index (χ0v) is 15.2. The minimum atomic E-state index is -0.543. The first-order valence-electron chi connectivity index (χ1n) is 8.87. The van der Waals surface area contributed by atoms with Gasteiger partial charge < -0.3 is 10.2 Å². The van der Waals surface area contributed by atoms with E-state index in [0.717, 1.165) is 11.1 Å². The largest absolute Gasteiger partial charge is 0.351 e. The Bertz CT molecular complexity index is 713. The van der Waals surface area contributed by atoms with Crippen molar-refractivity contribution in [2.45, 2.75) is 32.4 Å². The fourth-order valence-electron chi connectivity index (χ4n) is 2.72. The molecule has 0 aromatic heterocycles. The molecule has 2 aromatic rings. The summed E-state index contributed by atoms with van der Waals surface area (Å²) in [7, 11) is 0. The van der Waals surface area contributed by atoms with E-state index in [1.165, 1.54) is 0 Å². The maximum absolute atomic E-state index is 12.9. The highest BCUT2D eigenvalue weighted by molar-refractivity contribution is 5.87. The van der Waals surface area contributed by atoms with Crippen LogP contribution in [0.1, 0.15) is 24.5 Å². The summed E-state index contributed by atoms with van der Waals surface area (Å²) in [5.41, 5.74) is 2.12. The molecule has 0 fully saturated rings. The Morgan fingerprint density at radius 3 is 2.19 bits per heavy atom. The number of carbonyl (C=O) groups is 2. The molecule has 0 saturated carbocycles. The lowest BCUT2D eigenvalue weighted by atomic mass is 10.1. The quantitative estimate of drug-likeness (QED) is 0.705. The number of amides is 2. The monoisotopic (exact) mass is 350 g/mol. The molecule has 1 atom stereocenters. The summed E-state index contributed by atoms with van der Waals surface area (Å²) < 4.78 is 0. The first-order chi connectivity index (χ1) is 12.6. The third kappa shape index (κ3) is 5.88. The van der Waals surface area contributed by atoms with E-state index in [0.29, 0.717) is 25.9 Å². The van der Waals surface area contributed by atoms with Gasteiger partial charge in [-0.25, -0.2) is 0 Å². The lowest BCUT2D eigenvalue weighted by Gasteiger charge is -2.28. The van der Waals surface area contributed by atoms with Crippen molar-refractivity contribution < 1.29 is 9.59 Å². The van der Waals surface area contributed by atoms with Crippen LogP contribution in [0.15, 0.2) is 73.3 Å². The summed E-state index contributed by atoms with van der Waals surface area (Å²) >= 11 is 0. The van der Waals surface area contributed by atoms with Gasteiger partial charge in [-0.15, -0.1) is 6.58 Å². The Hall–Kier alpha value is -2.88. The summed E-state index contributed by atoms with van der Waals surface area (Å²) in [6, 6.07) is 19.1. The summed E-state index contributed by atoms with van der Waals surface area (Å²) in [5, 5.41) is 2.78. The second-order valence-electron chi connectivity index (χ2n) is 6.20. The van der Waals surface area contributed by atoms with Crippen LogP contribution in [0, 0.1) is 0 Å². The van der Waals surface area contributed by atoms with Gasteiger partial charge in [0.05, 0.1) is 0 Å². The molecule has 0 radical (unpaired) electrons. The van der Waals surface area contributed by atoms with Crippen molar-refractivity contribution in [2.24, 2.45) is 0 Å². The minimum absolute atomic E-state index is 0.0287. The van der Waals surface area contributed by atoms with Gasteiger partial charge in [-0.1, -0.05) is 66.7 Å². The lowest BCUT2D eigenvalue weighted by molar-refractivity contribution is -0.140. The molecule has 0 bridgehead atoms. The molecule has 0 aliphatic rings. The predicted molar refractivity (Wildman–Crippen MR) is 104 cm³/mol. The molecule has 4 heteroatoms. The van der Waals surface area contributed by atoms with Crippen molar-refractivity contribution in [2.75, 3.05) is 6.54 Å². The number of aryl methyl sites for hydroxylation is 1. The molecule has 1 N–H and O–H groups in total. The summed E-state index contributed by atoms with van der Waals surface area (Å²) in [6.07, 6.45) is 2.66. The van der Waals surface area contributed by atoms with Gasteiger partial charge >= 0.3 is 0 Å². The molecule has 2 rings (SSSR count). The molecule has 0 aliphatic heterocycles. The number of hydrogen-bond acceptors (Lipinski definition) is 2. The van der Waals surface area contributed by atoms with Crippen LogP contribution in [-0.2, 0) is 22.6 Å². The van der Waals surface area contributed by atoms with E-state index in [1.54, 1.807) is 17.9 Å². The van der Waals surface area contributed by atoms with Gasteiger partial charge in [0.1, 0.15) is 6.04 Å². The molecular formula is C22H26N2O2. The second kappa shape index (κ2) is 10.2. The molecule has 26 heavy (non-hydrogen) atoms. The number of rotatable bonds is 9. The number of nitrogens with zero attached hydrogens (tertiary/aromatic N) is 1. The molecular weight excluding hydrogens is 324 g/mol. The van der Waals surface area contributed by atoms with E-state index in [1.807, 2.05) is 60.7 Å². The maximum Gasteiger partial charge on any atom is 0.242 e. The highest BCUT2D eigenvalue weighted by Crippen LogP contribution is 2.13. The Morgan fingerprint density at radius 2 is 1.62 bits per heavy atom. The van der Waals surface area contributed by atoms with Crippen molar-refractivity contribution in [3.63, 3.8) is 0 Å². The van der Waals surface area contributed by atoms with Crippen molar-refractivity contribution in [3.8, 4) is 0 Å². The zero-order chi connectivity index (χ0) is 18.8. The third-order valence-corrected chi connectivity index (χ3v) is 4.25. The number of nitrogens with one attached hydrogen (secondary N) is 1. The van der Waals surface area contributed by atoms with Crippen LogP contribution < -0.4 is 5.32 Å². The average molecular weight is 350 g/mol. The van der Waals surface area contributed by atoms with Gasteiger partial charge in [-0.05, 0) is 24.5 Å². The normalized spacial score (nSPS) is 11.4. The van der Waals surface area contributed by atoms with Crippen molar-refractivity contribution in [1.82, 2.24) is 10.2 Å². The van der Waals surface area contributed by atoms with Crippen molar-refractivity contribution in [1.29, 1.82) is 0 Å². The first kappa shape index (κ1) is 19.4. The van der Waals surface area contributed by atoms with E-state index < -0.39 is 6.04 Å². The molecule has 2 aromatic carbocycles. The predicted octanol–water partition coefficient (Wildman–Crippen LogP) is 3.34. The standard InChI is InChI=1S/C22H26N2O2/c1-3-16-23-22(26)18(2)24(17-20-12-8-5-9-13-20)21(25)15-14-19-10-6-4-7-11-19/h3-13,18H,1,14-17H2,2H3,(H,23,26)/t18-/m0/s1. The van der Waals surface area contributed by atoms with Gasteiger partial charge in [0.15, 0.2) is 0 Å². The van der Waals surface area contributed by atoms with Crippen molar-refractivity contribution in [3.05, 3.63) is 84.4 Å². The van der Waals surface area contributed by atoms with Gasteiger partial charge in [-0.3, -0.25) is 9.59 Å². The van der Waals surface area contributed by atoms with Gasteiger partial charge in [-0.2, -0.15) is 0 Å². The molecule has 0 spiro atoms. The molecule has 136 valence electrons. The minimum Gasteiger partial charge on any atom is -0.351 e. The topological polar surface area (TPSA) is 49.4 Å². The number of benzene rings is 2. The van der Waals surface area contributed by atoms with Gasteiger partial charge in [0.25, 0.3) is 0 Å². The third-order valence-electron chi connectivity index (χ3n) is 4.25. The molecule has 4 nitrogen and oxygen atoms in total. The highest BCUT2D eigenvalue weighted by atomic mass is 16.2. The molecule has 0 saturated heterocycles. The van der Waals surface area contributed by atoms with Crippen LogP contribution in [0.4, 0.5) is 0 Å². The van der Waals surface area contributed by atoms with E-state index in [2.05, 4.69) is 11.9 Å². The van der Waals surface area contributed by atoms with Gasteiger partial charge in [0.2, 0.25) is 11.8 Å². The summed E-state index contributed by atoms with van der Waals surface area (Å²) in [5.74, 6) is -0.201. The van der Waals surface area contributed by atoms with Crippen LogP contribution in [0.5, 0.6) is 0 Å².